The van der Waals surface area contributed by atoms with E-state index >= 15 is 0 Å². The van der Waals surface area contributed by atoms with E-state index in [4.69, 9.17) is 11.6 Å². The number of halogens is 2. The second-order valence-electron chi connectivity index (χ2n) is 3.11. The number of rotatable bonds is 2. The standard InChI is InChI=1S/C10H9ClFN3/c1-15-5-4-13-10(15)14-9-6-7(12)2-3-8(9)11/h2-6H,1H3,(H,13,14). The predicted octanol–water partition coefficient (Wildman–Crippen LogP) is 2.96. The molecule has 0 radical (unpaired) electrons. The maximum Gasteiger partial charge on any atom is 0.207 e. The number of hydrogen-bond acceptors (Lipinski definition) is 2. The predicted molar refractivity (Wildman–Crippen MR) is 57.9 cm³/mol. The van der Waals surface area contributed by atoms with E-state index < -0.39 is 0 Å². The number of benzene rings is 1. The van der Waals surface area contributed by atoms with Crippen molar-refractivity contribution in [3.8, 4) is 0 Å². The lowest BCUT2D eigenvalue weighted by Crippen LogP contribution is -1.99. The van der Waals surface area contributed by atoms with Crippen LogP contribution in [0.25, 0.3) is 0 Å². The molecule has 0 aliphatic carbocycles. The normalized spacial score (nSPS) is 10.3. The summed E-state index contributed by atoms with van der Waals surface area (Å²) in [6.45, 7) is 0. The van der Waals surface area contributed by atoms with Crippen molar-refractivity contribution in [3.63, 3.8) is 0 Å². The van der Waals surface area contributed by atoms with Gasteiger partial charge in [-0.25, -0.2) is 9.37 Å². The molecule has 0 bridgehead atoms. The number of hydrogen-bond donors (Lipinski definition) is 1. The van der Waals surface area contributed by atoms with Crippen LogP contribution >= 0.6 is 11.6 Å². The molecule has 3 nitrogen and oxygen atoms in total. The third-order valence-corrected chi connectivity index (χ3v) is 2.33. The SMILES string of the molecule is Cn1ccnc1Nc1cc(F)ccc1Cl. The number of aromatic nitrogens is 2. The molecule has 5 heteroatoms. The molecular weight excluding hydrogens is 217 g/mol. The van der Waals surface area contributed by atoms with Gasteiger partial charge in [0.2, 0.25) is 5.95 Å². The van der Waals surface area contributed by atoms with Crippen LogP contribution < -0.4 is 5.32 Å². The molecule has 0 saturated heterocycles. The van der Waals surface area contributed by atoms with Crippen LogP contribution in [0.3, 0.4) is 0 Å². The summed E-state index contributed by atoms with van der Waals surface area (Å²) in [4.78, 5) is 4.05. The Balaban J connectivity index is 2.32. The summed E-state index contributed by atoms with van der Waals surface area (Å²) in [5.74, 6) is 0.276. The summed E-state index contributed by atoms with van der Waals surface area (Å²) in [6.07, 6.45) is 3.44. The summed E-state index contributed by atoms with van der Waals surface area (Å²) in [7, 11) is 1.84. The molecule has 1 aromatic heterocycles. The smallest absolute Gasteiger partial charge is 0.207 e. The van der Waals surface area contributed by atoms with Gasteiger partial charge in [-0.2, -0.15) is 0 Å². The highest BCUT2D eigenvalue weighted by Crippen LogP contribution is 2.25. The molecule has 0 aliphatic heterocycles. The molecule has 1 N–H and O–H groups in total. The number of imidazole rings is 1. The van der Waals surface area contributed by atoms with Gasteiger partial charge in [-0.1, -0.05) is 11.6 Å². The first-order chi connectivity index (χ1) is 7.16. The van der Waals surface area contributed by atoms with E-state index in [0.29, 0.717) is 16.7 Å². The second kappa shape index (κ2) is 3.90. The van der Waals surface area contributed by atoms with Gasteiger partial charge in [0.05, 0.1) is 10.7 Å². The Morgan fingerprint density at radius 2 is 2.27 bits per heavy atom. The maximum atomic E-state index is 13.0. The molecule has 0 aliphatic rings. The van der Waals surface area contributed by atoms with Gasteiger partial charge in [0.25, 0.3) is 0 Å². The van der Waals surface area contributed by atoms with Gasteiger partial charge in [-0.15, -0.1) is 0 Å². The first-order valence-electron chi connectivity index (χ1n) is 4.36. The Labute approximate surface area is 91.5 Å². The average Bonchev–Trinajstić information content (AvgIpc) is 2.58. The highest BCUT2D eigenvalue weighted by Gasteiger charge is 2.04. The molecule has 15 heavy (non-hydrogen) atoms. The van der Waals surface area contributed by atoms with Crippen LogP contribution in [-0.4, -0.2) is 9.55 Å². The zero-order valence-corrected chi connectivity index (χ0v) is 8.79. The highest BCUT2D eigenvalue weighted by molar-refractivity contribution is 6.33. The van der Waals surface area contributed by atoms with Crippen LogP contribution in [0, 0.1) is 5.82 Å². The number of anilines is 2. The topological polar surface area (TPSA) is 29.9 Å². The van der Waals surface area contributed by atoms with Crippen molar-refractivity contribution in [1.29, 1.82) is 0 Å². The van der Waals surface area contributed by atoms with Crippen LogP contribution in [0.4, 0.5) is 16.0 Å². The summed E-state index contributed by atoms with van der Waals surface area (Å²) >= 11 is 5.90. The second-order valence-corrected chi connectivity index (χ2v) is 3.52. The lowest BCUT2D eigenvalue weighted by molar-refractivity contribution is 0.628. The Morgan fingerprint density at radius 3 is 2.93 bits per heavy atom. The average molecular weight is 226 g/mol. The van der Waals surface area contributed by atoms with Gasteiger partial charge in [0, 0.05) is 19.4 Å². The Hall–Kier alpha value is -1.55. The third kappa shape index (κ3) is 2.10. The fourth-order valence-corrected chi connectivity index (χ4v) is 1.36. The molecule has 1 aromatic carbocycles. The highest BCUT2D eigenvalue weighted by atomic mass is 35.5. The van der Waals surface area contributed by atoms with Gasteiger partial charge < -0.3 is 9.88 Å². The summed E-state index contributed by atoms with van der Waals surface area (Å²) in [5, 5.41) is 3.40. The minimum Gasteiger partial charge on any atom is -0.324 e. The summed E-state index contributed by atoms with van der Waals surface area (Å²) < 4.78 is 14.7. The summed E-state index contributed by atoms with van der Waals surface area (Å²) in [6, 6.07) is 4.14. The Kier molecular flexibility index (Phi) is 2.60. The molecule has 0 spiro atoms. The monoisotopic (exact) mass is 225 g/mol. The van der Waals surface area contributed by atoms with Crippen molar-refractivity contribution in [1.82, 2.24) is 9.55 Å². The molecule has 0 amide bonds. The molecule has 1 heterocycles. The molecule has 2 rings (SSSR count). The van der Waals surface area contributed by atoms with E-state index in [-0.39, 0.29) is 5.82 Å². The first-order valence-corrected chi connectivity index (χ1v) is 4.74. The minimum atomic E-state index is -0.337. The van der Waals surface area contributed by atoms with Crippen LogP contribution in [0.15, 0.2) is 30.6 Å². The minimum absolute atomic E-state index is 0.337. The maximum absolute atomic E-state index is 13.0. The van der Waals surface area contributed by atoms with E-state index in [1.54, 1.807) is 17.0 Å². The number of nitrogens with one attached hydrogen (secondary N) is 1. The first kappa shape index (κ1) is 9.98. The van der Waals surface area contributed by atoms with Crippen LogP contribution in [0.5, 0.6) is 0 Å². The molecular formula is C10H9ClFN3. The van der Waals surface area contributed by atoms with Crippen molar-refractivity contribution in [2.75, 3.05) is 5.32 Å². The molecule has 2 aromatic rings. The number of nitrogens with zero attached hydrogens (tertiary/aromatic N) is 2. The van der Waals surface area contributed by atoms with E-state index in [1.165, 1.54) is 18.2 Å². The van der Waals surface area contributed by atoms with Crippen LogP contribution in [0.2, 0.25) is 5.02 Å². The fraction of sp³-hybridized carbons (Fsp3) is 0.100. The third-order valence-electron chi connectivity index (χ3n) is 2.00. The van der Waals surface area contributed by atoms with Crippen molar-refractivity contribution < 1.29 is 4.39 Å². The van der Waals surface area contributed by atoms with Crippen molar-refractivity contribution in [2.45, 2.75) is 0 Å². The quantitative estimate of drug-likeness (QED) is 0.852. The largest absolute Gasteiger partial charge is 0.324 e. The molecule has 78 valence electrons. The van der Waals surface area contributed by atoms with Crippen LogP contribution in [-0.2, 0) is 7.05 Å². The van der Waals surface area contributed by atoms with E-state index in [9.17, 15) is 4.39 Å². The molecule has 0 saturated carbocycles. The van der Waals surface area contributed by atoms with Gasteiger partial charge >= 0.3 is 0 Å². The van der Waals surface area contributed by atoms with Crippen LogP contribution in [0.1, 0.15) is 0 Å². The van der Waals surface area contributed by atoms with Gasteiger partial charge in [0.1, 0.15) is 5.82 Å². The zero-order chi connectivity index (χ0) is 10.8. The lowest BCUT2D eigenvalue weighted by atomic mass is 10.3. The van der Waals surface area contributed by atoms with E-state index in [0.717, 1.165) is 0 Å². The fourth-order valence-electron chi connectivity index (χ4n) is 1.20. The Morgan fingerprint density at radius 1 is 1.47 bits per heavy atom. The molecule has 0 unspecified atom stereocenters. The molecule has 0 fully saturated rings. The van der Waals surface area contributed by atoms with Gasteiger partial charge in [-0.05, 0) is 18.2 Å². The molecule has 0 atom stereocenters. The number of aryl methyl sites for hydroxylation is 1. The van der Waals surface area contributed by atoms with E-state index in [2.05, 4.69) is 10.3 Å². The van der Waals surface area contributed by atoms with Crippen molar-refractivity contribution >= 4 is 23.2 Å². The van der Waals surface area contributed by atoms with E-state index in [1.807, 2.05) is 7.05 Å². The summed E-state index contributed by atoms with van der Waals surface area (Å²) in [5.41, 5.74) is 0.506. The van der Waals surface area contributed by atoms with Crippen molar-refractivity contribution in [3.05, 3.63) is 41.4 Å². The van der Waals surface area contributed by atoms with Crippen molar-refractivity contribution in [2.24, 2.45) is 7.05 Å². The van der Waals surface area contributed by atoms with Gasteiger partial charge in [0.15, 0.2) is 0 Å². The van der Waals surface area contributed by atoms with Gasteiger partial charge in [-0.3, -0.25) is 0 Å². The Bertz CT molecular complexity index is 481. The lowest BCUT2D eigenvalue weighted by Gasteiger charge is -2.07. The zero-order valence-electron chi connectivity index (χ0n) is 8.04.